The Bertz CT molecular complexity index is 1080. The minimum Gasteiger partial charge on any atom is -0.465 e. The van der Waals surface area contributed by atoms with Crippen LogP contribution in [0.5, 0.6) is 0 Å². The highest BCUT2D eigenvalue weighted by Gasteiger charge is 2.24. The van der Waals surface area contributed by atoms with E-state index in [-0.39, 0.29) is 16.8 Å². The Hall–Kier alpha value is -3.33. The number of benzene rings is 2. The van der Waals surface area contributed by atoms with Crippen molar-refractivity contribution in [3.8, 4) is 0 Å². The number of halogens is 1. The normalized spacial score (nSPS) is 12.9. The van der Waals surface area contributed by atoms with Crippen LogP contribution in [0.1, 0.15) is 37.2 Å². The maximum Gasteiger partial charge on any atom is 0.338 e. The van der Waals surface area contributed by atoms with Crippen LogP contribution in [0.4, 0.5) is 15.8 Å². The van der Waals surface area contributed by atoms with Crippen molar-refractivity contribution < 1.29 is 18.7 Å². The average Bonchev–Trinajstić information content (AvgIpc) is 3.23. The van der Waals surface area contributed by atoms with Gasteiger partial charge in [-0.15, -0.1) is 10.2 Å². The standard InChI is InChI=1S/C21H19FN4O3S/c1-29-21(28)16-4-2-6-17-15(16)5-3-11-26(17)12-18-24-25-20(30-18)19(27)23-14-9-7-13(22)8-10-14/h2,4,6-10H,3,5,11-12H2,1H3,(H,23,27). The van der Waals surface area contributed by atoms with Crippen molar-refractivity contribution in [2.24, 2.45) is 0 Å². The Morgan fingerprint density at radius 3 is 2.77 bits per heavy atom. The van der Waals surface area contributed by atoms with Gasteiger partial charge in [0.05, 0.1) is 19.2 Å². The quantitative estimate of drug-likeness (QED) is 0.627. The molecule has 4 rings (SSSR count). The molecule has 0 atom stereocenters. The lowest BCUT2D eigenvalue weighted by Crippen LogP contribution is -2.30. The van der Waals surface area contributed by atoms with Gasteiger partial charge in [0, 0.05) is 17.9 Å². The maximum absolute atomic E-state index is 13.0. The predicted molar refractivity (Wildman–Crippen MR) is 111 cm³/mol. The first-order valence-corrected chi connectivity index (χ1v) is 10.2. The summed E-state index contributed by atoms with van der Waals surface area (Å²) in [6.45, 7) is 1.30. The van der Waals surface area contributed by atoms with Crippen molar-refractivity contribution in [1.29, 1.82) is 0 Å². The third kappa shape index (κ3) is 4.16. The zero-order chi connectivity index (χ0) is 21.1. The Morgan fingerprint density at radius 1 is 1.20 bits per heavy atom. The molecule has 0 fully saturated rings. The highest BCUT2D eigenvalue weighted by atomic mass is 32.1. The van der Waals surface area contributed by atoms with E-state index in [1.165, 1.54) is 42.7 Å². The van der Waals surface area contributed by atoms with E-state index in [1.807, 2.05) is 12.1 Å². The van der Waals surface area contributed by atoms with E-state index in [9.17, 15) is 14.0 Å². The fraction of sp³-hybridized carbons (Fsp3) is 0.238. The van der Waals surface area contributed by atoms with E-state index >= 15 is 0 Å². The molecule has 1 aromatic heterocycles. The monoisotopic (exact) mass is 426 g/mol. The van der Waals surface area contributed by atoms with Gasteiger partial charge in [0.25, 0.3) is 5.91 Å². The number of ether oxygens (including phenoxy) is 1. The highest BCUT2D eigenvalue weighted by Crippen LogP contribution is 2.31. The van der Waals surface area contributed by atoms with Gasteiger partial charge in [0.1, 0.15) is 10.8 Å². The molecule has 0 aliphatic carbocycles. The van der Waals surface area contributed by atoms with Crippen LogP contribution in [-0.2, 0) is 17.7 Å². The molecule has 0 bridgehead atoms. The van der Waals surface area contributed by atoms with E-state index in [1.54, 1.807) is 6.07 Å². The van der Waals surface area contributed by atoms with Crippen LogP contribution in [0.2, 0.25) is 0 Å². The molecule has 154 valence electrons. The number of aromatic nitrogens is 2. The molecule has 1 N–H and O–H groups in total. The molecule has 9 heteroatoms. The maximum atomic E-state index is 13.0. The number of carbonyl (C=O) groups is 2. The lowest BCUT2D eigenvalue weighted by Gasteiger charge is -2.31. The average molecular weight is 426 g/mol. The molecule has 1 amide bonds. The summed E-state index contributed by atoms with van der Waals surface area (Å²) in [6.07, 6.45) is 1.70. The number of anilines is 2. The number of nitrogens with zero attached hydrogens (tertiary/aromatic N) is 3. The molecular weight excluding hydrogens is 407 g/mol. The highest BCUT2D eigenvalue weighted by molar-refractivity contribution is 7.13. The van der Waals surface area contributed by atoms with Crippen molar-refractivity contribution in [2.45, 2.75) is 19.4 Å². The largest absolute Gasteiger partial charge is 0.465 e. The number of hydrogen-bond donors (Lipinski definition) is 1. The van der Waals surface area contributed by atoms with Gasteiger partial charge >= 0.3 is 5.97 Å². The lowest BCUT2D eigenvalue weighted by molar-refractivity contribution is 0.0599. The molecule has 30 heavy (non-hydrogen) atoms. The number of fused-ring (bicyclic) bond motifs is 1. The SMILES string of the molecule is COC(=O)c1cccc2c1CCCN2Cc1nnc(C(=O)Nc2ccc(F)cc2)s1. The number of carbonyl (C=O) groups excluding carboxylic acids is 2. The third-order valence-electron chi connectivity index (χ3n) is 4.84. The van der Waals surface area contributed by atoms with Gasteiger partial charge in [-0.3, -0.25) is 4.79 Å². The van der Waals surface area contributed by atoms with Crippen LogP contribution in [0.3, 0.4) is 0 Å². The fourth-order valence-corrected chi connectivity index (χ4v) is 4.21. The molecule has 0 radical (unpaired) electrons. The smallest absolute Gasteiger partial charge is 0.338 e. The van der Waals surface area contributed by atoms with Crippen LogP contribution in [-0.4, -0.2) is 35.7 Å². The molecule has 0 unspecified atom stereocenters. The summed E-state index contributed by atoms with van der Waals surface area (Å²) in [5.41, 5.74) is 3.00. The van der Waals surface area contributed by atoms with Gasteiger partial charge < -0.3 is 15.0 Å². The minimum atomic E-state index is -0.391. The summed E-state index contributed by atoms with van der Waals surface area (Å²) >= 11 is 1.21. The van der Waals surface area contributed by atoms with Gasteiger partial charge in [-0.25, -0.2) is 9.18 Å². The van der Waals surface area contributed by atoms with E-state index in [0.29, 0.717) is 22.8 Å². The van der Waals surface area contributed by atoms with Crippen molar-refractivity contribution in [3.63, 3.8) is 0 Å². The summed E-state index contributed by atoms with van der Waals surface area (Å²) in [7, 11) is 1.38. The van der Waals surface area contributed by atoms with Crippen LogP contribution in [0.15, 0.2) is 42.5 Å². The van der Waals surface area contributed by atoms with Crippen LogP contribution >= 0.6 is 11.3 Å². The van der Waals surface area contributed by atoms with Gasteiger partial charge in [-0.1, -0.05) is 17.4 Å². The van der Waals surface area contributed by atoms with Gasteiger partial charge in [0.15, 0.2) is 0 Å². The first kappa shape index (κ1) is 20.0. The summed E-state index contributed by atoms with van der Waals surface area (Å²) in [6, 6.07) is 11.1. The number of rotatable bonds is 5. The summed E-state index contributed by atoms with van der Waals surface area (Å²) in [5.74, 6) is -1.11. The predicted octanol–water partition coefficient (Wildman–Crippen LogP) is 3.67. The first-order valence-electron chi connectivity index (χ1n) is 9.39. The number of esters is 1. The summed E-state index contributed by atoms with van der Waals surface area (Å²) in [4.78, 5) is 26.6. The van der Waals surface area contributed by atoms with Gasteiger partial charge in [0.2, 0.25) is 5.01 Å². The van der Waals surface area contributed by atoms with E-state index in [4.69, 9.17) is 4.74 Å². The topological polar surface area (TPSA) is 84.4 Å². The summed E-state index contributed by atoms with van der Waals surface area (Å²) < 4.78 is 17.9. The van der Waals surface area contributed by atoms with Crippen LogP contribution < -0.4 is 10.2 Å². The molecule has 0 saturated heterocycles. The Balaban J connectivity index is 1.49. The Morgan fingerprint density at radius 2 is 2.00 bits per heavy atom. The van der Waals surface area contributed by atoms with Crippen LogP contribution in [0.25, 0.3) is 0 Å². The third-order valence-corrected chi connectivity index (χ3v) is 5.75. The molecule has 0 spiro atoms. The molecule has 7 nitrogen and oxygen atoms in total. The number of hydrogen-bond acceptors (Lipinski definition) is 7. The number of nitrogens with one attached hydrogen (secondary N) is 1. The van der Waals surface area contributed by atoms with Gasteiger partial charge in [-0.2, -0.15) is 0 Å². The molecule has 1 aliphatic heterocycles. The van der Waals surface area contributed by atoms with Crippen molar-refractivity contribution in [3.05, 3.63) is 69.4 Å². The molecule has 0 saturated carbocycles. The van der Waals surface area contributed by atoms with Crippen molar-refractivity contribution in [1.82, 2.24) is 10.2 Å². The second-order valence-electron chi connectivity index (χ2n) is 6.78. The van der Waals surface area contributed by atoms with Crippen LogP contribution in [0, 0.1) is 5.82 Å². The second-order valence-corrected chi connectivity index (χ2v) is 7.84. The fourth-order valence-electron chi connectivity index (χ4n) is 3.46. The molecule has 3 aromatic rings. The van der Waals surface area contributed by atoms with E-state index in [2.05, 4.69) is 20.4 Å². The van der Waals surface area contributed by atoms with Crippen molar-refractivity contribution >= 4 is 34.6 Å². The molecule has 2 heterocycles. The zero-order valence-electron chi connectivity index (χ0n) is 16.2. The first-order chi connectivity index (χ1) is 14.5. The van der Waals surface area contributed by atoms with E-state index < -0.39 is 5.91 Å². The van der Waals surface area contributed by atoms with Crippen molar-refractivity contribution in [2.75, 3.05) is 23.9 Å². The lowest BCUT2D eigenvalue weighted by atomic mass is 9.96. The number of amides is 1. The second kappa shape index (κ2) is 8.58. The number of methoxy groups -OCH3 is 1. The van der Waals surface area contributed by atoms with Gasteiger partial charge in [-0.05, 0) is 54.8 Å². The molecule has 1 aliphatic rings. The Kier molecular flexibility index (Phi) is 5.71. The molecular formula is C21H19FN4O3S. The zero-order valence-corrected chi connectivity index (χ0v) is 17.0. The molecule has 2 aromatic carbocycles. The summed E-state index contributed by atoms with van der Waals surface area (Å²) in [5, 5.41) is 11.7. The minimum absolute atomic E-state index is 0.231. The Labute approximate surface area is 176 Å². The van der Waals surface area contributed by atoms with E-state index in [0.717, 1.165) is 30.6 Å².